The lowest BCUT2D eigenvalue weighted by atomic mass is 10.1. The van der Waals surface area contributed by atoms with Crippen molar-refractivity contribution in [2.24, 2.45) is 10.8 Å². The quantitative estimate of drug-likeness (QED) is 0.507. The maximum Gasteiger partial charge on any atom is 0.338 e. The van der Waals surface area contributed by atoms with Gasteiger partial charge in [0.2, 0.25) is 0 Å². The van der Waals surface area contributed by atoms with E-state index in [0.29, 0.717) is 18.4 Å². The molecule has 1 aliphatic carbocycles. The zero-order chi connectivity index (χ0) is 15.1. The average Bonchev–Trinajstić information content (AvgIpc) is 2.71. The number of nitrogens with two attached hydrogens (primary N) is 1. The molecule has 1 fully saturated rings. The first kappa shape index (κ1) is 15.0. The SMILES string of the molecule is NC(=O)N/N=C1/CCC[C@H](OC(=O)c2ccccc2)CC1. The normalized spacial score (nSPS) is 20.6. The summed E-state index contributed by atoms with van der Waals surface area (Å²) in [4.78, 5) is 22.6. The molecule has 3 N–H and O–H groups in total. The Labute approximate surface area is 123 Å². The first-order valence-electron chi connectivity index (χ1n) is 7.02. The molecule has 6 nitrogen and oxygen atoms in total. The average molecular weight is 289 g/mol. The summed E-state index contributed by atoms with van der Waals surface area (Å²) in [6, 6.07) is 8.29. The van der Waals surface area contributed by atoms with Crippen molar-refractivity contribution in [1.29, 1.82) is 0 Å². The van der Waals surface area contributed by atoms with Gasteiger partial charge in [0.05, 0.1) is 5.56 Å². The van der Waals surface area contributed by atoms with Crippen LogP contribution in [0.5, 0.6) is 0 Å². The predicted molar refractivity (Wildman–Crippen MR) is 78.9 cm³/mol. The van der Waals surface area contributed by atoms with E-state index in [1.165, 1.54) is 0 Å². The minimum Gasteiger partial charge on any atom is -0.459 e. The third-order valence-electron chi connectivity index (χ3n) is 3.35. The van der Waals surface area contributed by atoms with Crippen molar-refractivity contribution in [3.8, 4) is 0 Å². The Balaban J connectivity index is 1.87. The number of nitrogens with zero attached hydrogens (tertiary/aromatic N) is 1. The Morgan fingerprint density at radius 3 is 2.67 bits per heavy atom. The predicted octanol–water partition coefficient (Wildman–Crippen LogP) is 2.20. The largest absolute Gasteiger partial charge is 0.459 e. The van der Waals surface area contributed by atoms with Gasteiger partial charge in [0.25, 0.3) is 0 Å². The van der Waals surface area contributed by atoms with E-state index in [-0.39, 0.29) is 12.1 Å². The first-order valence-corrected chi connectivity index (χ1v) is 7.02. The second-order valence-electron chi connectivity index (χ2n) is 4.98. The number of nitrogens with one attached hydrogen (secondary N) is 1. The fourth-order valence-corrected chi connectivity index (χ4v) is 2.29. The third-order valence-corrected chi connectivity index (χ3v) is 3.35. The van der Waals surface area contributed by atoms with Crippen molar-refractivity contribution < 1.29 is 14.3 Å². The summed E-state index contributed by atoms with van der Waals surface area (Å²) < 4.78 is 5.53. The Hall–Kier alpha value is -2.37. The van der Waals surface area contributed by atoms with Crippen LogP contribution >= 0.6 is 0 Å². The van der Waals surface area contributed by atoms with Crippen LogP contribution in [0.2, 0.25) is 0 Å². The van der Waals surface area contributed by atoms with Gasteiger partial charge in [-0.25, -0.2) is 15.0 Å². The molecule has 0 bridgehead atoms. The number of hydrogen-bond donors (Lipinski definition) is 2. The highest BCUT2D eigenvalue weighted by molar-refractivity contribution is 5.89. The van der Waals surface area contributed by atoms with E-state index in [1.54, 1.807) is 12.1 Å². The molecule has 0 aliphatic heterocycles. The van der Waals surface area contributed by atoms with Gasteiger partial charge in [-0.3, -0.25) is 0 Å². The smallest absolute Gasteiger partial charge is 0.338 e. The van der Waals surface area contributed by atoms with Gasteiger partial charge < -0.3 is 10.5 Å². The summed E-state index contributed by atoms with van der Waals surface area (Å²) in [5.74, 6) is -0.295. The second kappa shape index (κ2) is 7.42. The molecule has 0 heterocycles. The summed E-state index contributed by atoms with van der Waals surface area (Å²) in [5.41, 5.74) is 8.67. The van der Waals surface area contributed by atoms with Crippen molar-refractivity contribution in [3.63, 3.8) is 0 Å². The van der Waals surface area contributed by atoms with Gasteiger partial charge in [-0.05, 0) is 44.2 Å². The van der Waals surface area contributed by atoms with Gasteiger partial charge in [-0.1, -0.05) is 18.2 Å². The van der Waals surface area contributed by atoms with E-state index in [4.69, 9.17) is 10.5 Å². The van der Waals surface area contributed by atoms with Crippen molar-refractivity contribution in [3.05, 3.63) is 35.9 Å². The Morgan fingerprint density at radius 1 is 1.19 bits per heavy atom. The van der Waals surface area contributed by atoms with Gasteiger partial charge in [-0.2, -0.15) is 5.10 Å². The number of ether oxygens (including phenoxy) is 1. The van der Waals surface area contributed by atoms with E-state index < -0.39 is 6.03 Å². The van der Waals surface area contributed by atoms with Gasteiger partial charge in [0.1, 0.15) is 6.10 Å². The molecule has 6 heteroatoms. The molecule has 1 aromatic carbocycles. The van der Waals surface area contributed by atoms with E-state index >= 15 is 0 Å². The zero-order valence-electron chi connectivity index (χ0n) is 11.7. The highest BCUT2D eigenvalue weighted by Gasteiger charge is 2.20. The highest BCUT2D eigenvalue weighted by Crippen LogP contribution is 2.20. The maximum absolute atomic E-state index is 12.0. The third kappa shape index (κ3) is 4.91. The minimum atomic E-state index is -0.668. The van der Waals surface area contributed by atoms with E-state index in [1.807, 2.05) is 18.2 Å². The van der Waals surface area contributed by atoms with Crippen LogP contribution in [-0.4, -0.2) is 23.8 Å². The van der Waals surface area contributed by atoms with Crippen LogP contribution in [0.25, 0.3) is 0 Å². The number of carbonyl (C=O) groups is 2. The second-order valence-corrected chi connectivity index (χ2v) is 4.98. The van der Waals surface area contributed by atoms with E-state index in [9.17, 15) is 9.59 Å². The number of primary amides is 1. The number of benzene rings is 1. The molecule has 0 spiro atoms. The molecule has 2 amide bonds. The molecular formula is C15H19N3O3. The number of esters is 1. The molecule has 1 aromatic rings. The van der Waals surface area contributed by atoms with Gasteiger partial charge >= 0.3 is 12.0 Å². The molecule has 0 unspecified atom stereocenters. The van der Waals surface area contributed by atoms with Crippen LogP contribution in [0.4, 0.5) is 4.79 Å². The molecular weight excluding hydrogens is 270 g/mol. The fourth-order valence-electron chi connectivity index (χ4n) is 2.29. The Morgan fingerprint density at radius 2 is 1.95 bits per heavy atom. The molecule has 21 heavy (non-hydrogen) atoms. The maximum atomic E-state index is 12.0. The number of urea groups is 1. The number of hydrogen-bond acceptors (Lipinski definition) is 4. The van der Waals surface area contributed by atoms with Crippen LogP contribution in [-0.2, 0) is 4.74 Å². The van der Waals surface area contributed by atoms with Gasteiger partial charge in [0, 0.05) is 5.71 Å². The minimum absolute atomic E-state index is 0.112. The van der Waals surface area contributed by atoms with E-state index in [0.717, 1.165) is 25.0 Å². The highest BCUT2D eigenvalue weighted by atomic mass is 16.5. The molecule has 2 rings (SSSR count). The summed E-state index contributed by atoms with van der Waals surface area (Å²) >= 11 is 0. The lowest BCUT2D eigenvalue weighted by Crippen LogP contribution is -2.25. The lowest BCUT2D eigenvalue weighted by molar-refractivity contribution is 0.0270. The molecule has 1 atom stereocenters. The van der Waals surface area contributed by atoms with Crippen LogP contribution in [0.3, 0.4) is 0 Å². The number of carbonyl (C=O) groups excluding carboxylic acids is 2. The zero-order valence-corrected chi connectivity index (χ0v) is 11.7. The Bertz CT molecular complexity index is 528. The number of rotatable bonds is 3. The summed E-state index contributed by atoms with van der Waals surface area (Å²) in [6.45, 7) is 0. The number of hydrazone groups is 1. The van der Waals surface area contributed by atoms with Crippen LogP contribution in [0, 0.1) is 0 Å². The van der Waals surface area contributed by atoms with Crippen molar-refractivity contribution >= 4 is 17.7 Å². The van der Waals surface area contributed by atoms with Crippen molar-refractivity contribution in [1.82, 2.24) is 5.43 Å². The summed E-state index contributed by atoms with van der Waals surface area (Å²) in [6.07, 6.45) is 3.73. The first-order chi connectivity index (χ1) is 10.1. The topological polar surface area (TPSA) is 93.8 Å². The standard InChI is InChI=1S/C15H19N3O3/c16-15(20)18-17-12-7-4-8-13(10-9-12)21-14(19)11-5-2-1-3-6-11/h1-3,5-6,13H,4,7-10H2,(H3,16,18,20)/b17-12-/t13-/m0/s1. The molecule has 0 saturated heterocycles. The van der Waals surface area contributed by atoms with Crippen LogP contribution in [0.15, 0.2) is 35.4 Å². The molecule has 0 radical (unpaired) electrons. The summed E-state index contributed by atoms with van der Waals surface area (Å²) in [5, 5.41) is 3.97. The van der Waals surface area contributed by atoms with Gasteiger partial charge in [-0.15, -0.1) is 0 Å². The number of amides is 2. The van der Waals surface area contributed by atoms with Crippen molar-refractivity contribution in [2.75, 3.05) is 0 Å². The van der Waals surface area contributed by atoms with Crippen LogP contribution < -0.4 is 11.2 Å². The molecule has 1 aliphatic rings. The Kier molecular flexibility index (Phi) is 5.31. The summed E-state index contributed by atoms with van der Waals surface area (Å²) in [7, 11) is 0. The monoisotopic (exact) mass is 289 g/mol. The molecule has 1 saturated carbocycles. The molecule has 112 valence electrons. The van der Waals surface area contributed by atoms with E-state index in [2.05, 4.69) is 10.5 Å². The lowest BCUT2D eigenvalue weighted by Gasteiger charge is -2.15. The van der Waals surface area contributed by atoms with Crippen LogP contribution in [0.1, 0.15) is 42.5 Å². The molecule has 0 aromatic heterocycles. The van der Waals surface area contributed by atoms with Crippen molar-refractivity contribution in [2.45, 2.75) is 38.2 Å². The fraction of sp³-hybridized carbons (Fsp3) is 0.400. The van der Waals surface area contributed by atoms with Gasteiger partial charge in [0.15, 0.2) is 0 Å².